The molecule has 338 valence electrons. The van der Waals surface area contributed by atoms with Gasteiger partial charge in [0.25, 0.3) is 0 Å². The van der Waals surface area contributed by atoms with Crippen molar-refractivity contribution in [3.63, 3.8) is 0 Å². The van der Waals surface area contributed by atoms with Gasteiger partial charge in [-0.3, -0.25) is 4.79 Å². The number of carbonyl (C=O) groups is 2. The summed E-state index contributed by atoms with van der Waals surface area (Å²) in [5, 5.41) is 24.9. The first-order chi connectivity index (χ1) is 30.2. The Labute approximate surface area is 378 Å². The topological polar surface area (TPSA) is 87.1 Å². The number of hydrogen-bond acceptors (Lipinski definition) is 5. The quantitative estimate of drug-likeness (QED) is 0.165. The number of nitrogens with zero attached hydrogens (tertiary/aromatic N) is 1. The number of rotatable bonds is 9. The van der Waals surface area contributed by atoms with Crippen LogP contribution >= 0.6 is 0 Å². The van der Waals surface area contributed by atoms with Crippen molar-refractivity contribution >= 4 is 11.9 Å². The summed E-state index contributed by atoms with van der Waals surface area (Å²) in [4.78, 5) is 32.4. The number of hydrogen-bond donors (Lipinski definition) is 2. The first-order valence-electron chi connectivity index (χ1n) is 25.0. The normalized spacial score (nSPS) is 35.2. The summed E-state index contributed by atoms with van der Waals surface area (Å²) < 4.78 is 6.76. The predicted octanol–water partition coefficient (Wildman–Crippen LogP) is 12.7. The van der Waals surface area contributed by atoms with Crippen molar-refractivity contribution in [3.05, 3.63) is 107 Å². The molecule has 0 aliphatic heterocycles. The number of amides is 1. The van der Waals surface area contributed by atoms with E-state index < -0.39 is 17.1 Å². The van der Waals surface area contributed by atoms with E-state index in [1.807, 2.05) is 53.4 Å². The van der Waals surface area contributed by atoms with Crippen LogP contribution in [0.25, 0.3) is 11.1 Å². The largest absolute Gasteiger partial charge is 0.446 e. The van der Waals surface area contributed by atoms with Crippen molar-refractivity contribution < 1.29 is 24.5 Å². The highest BCUT2D eigenvalue weighted by Gasteiger charge is 2.59. The first-order valence-corrected chi connectivity index (χ1v) is 25.0. The maximum atomic E-state index is 15.3. The molecule has 0 spiro atoms. The van der Waals surface area contributed by atoms with Crippen molar-refractivity contribution in [2.24, 2.45) is 46.3 Å². The molecule has 0 unspecified atom stereocenters. The van der Waals surface area contributed by atoms with Gasteiger partial charge < -0.3 is 19.8 Å². The average molecular weight is 854 g/mol. The highest BCUT2D eigenvalue weighted by Crippen LogP contribution is 2.62. The summed E-state index contributed by atoms with van der Waals surface area (Å²) in [7, 11) is 0. The van der Waals surface area contributed by atoms with E-state index in [0.29, 0.717) is 67.5 Å². The average Bonchev–Trinajstić information content (AvgIpc) is 3.50. The van der Waals surface area contributed by atoms with Gasteiger partial charge in [-0.2, -0.15) is 0 Å². The van der Waals surface area contributed by atoms with Gasteiger partial charge in [-0.25, -0.2) is 4.79 Å². The van der Waals surface area contributed by atoms with E-state index in [1.165, 1.54) is 50.5 Å². The summed E-state index contributed by atoms with van der Waals surface area (Å²) in [6.45, 7) is 12.2. The molecule has 6 bridgehead atoms. The predicted molar refractivity (Wildman–Crippen MR) is 253 cm³/mol. The maximum absolute atomic E-state index is 15.3. The van der Waals surface area contributed by atoms with E-state index in [1.54, 1.807) is 0 Å². The van der Waals surface area contributed by atoms with Crippen LogP contribution in [0, 0.1) is 46.3 Å². The molecular weight excluding hydrogens is 779 g/mol. The van der Waals surface area contributed by atoms with E-state index >= 15 is 9.59 Å². The number of carbonyl (C=O) groups excluding carboxylic acids is 2. The second kappa shape index (κ2) is 17.9. The second-order valence-electron chi connectivity index (χ2n) is 22.7. The van der Waals surface area contributed by atoms with Crippen LogP contribution in [-0.4, -0.2) is 57.9 Å². The molecule has 2 N–H and O–H groups in total. The number of ether oxygens (including phenoxy) is 1. The number of benzene rings is 3. The fraction of sp³-hybridized carbons (Fsp3) is 0.614. The molecule has 0 heterocycles. The highest BCUT2D eigenvalue weighted by molar-refractivity contribution is 6.13. The zero-order chi connectivity index (χ0) is 44.1. The molecule has 0 saturated heterocycles. The third-order valence-electron chi connectivity index (χ3n) is 17.8. The number of ketones is 1. The van der Waals surface area contributed by atoms with E-state index in [9.17, 15) is 10.2 Å². The summed E-state index contributed by atoms with van der Waals surface area (Å²) in [6.07, 6.45) is 16.8. The molecule has 6 nitrogen and oxygen atoms in total. The molecule has 8 aliphatic rings. The van der Waals surface area contributed by atoms with Gasteiger partial charge in [0.15, 0.2) is 5.78 Å². The zero-order valence-corrected chi connectivity index (χ0v) is 39.0. The van der Waals surface area contributed by atoms with Gasteiger partial charge in [0, 0.05) is 23.1 Å². The third kappa shape index (κ3) is 8.99. The maximum Gasteiger partial charge on any atom is 0.410 e. The minimum absolute atomic E-state index is 0.0325. The molecule has 8 aliphatic carbocycles. The minimum atomic E-state index is -1.22. The van der Waals surface area contributed by atoms with Gasteiger partial charge >= 0.3 is 6.09 Å². The Morgan fingerprint density at radius 2 is 1.52 bits per heavy atom. The SMILES string of the molecule is CC1=CCC[C@@]2(C)[C@@H](CC[C@@]2(O)CN(CC23CC4CC(CC(C4)C2)C3)C(=O)O[C@H]2C[C@@H](C)CC[C@@H]2C(C)C)c2ccc(cc2C(=O)c2ccccc2-c2ccccc2)C[C@@H](O)CC1. The van der Waals surface area contributed by atoms with Crippen LogP contribution < -0.4 is 0 Å². The van der Waals surface area contributed by atoms with E-state index in [2.05, 4.69) is 65.0 Å². The molecule has 6 saturated carbocycles. The lowest BCUT2D eigenvalue weighted by Crippen LogP contribution is -2.58. The lowest BCUT2D eigenvalue weighted by Gasteiger charge is -2.58. The smallest absolute Gasteiger partial charge is 0.410 e. The Morgan fingerprint density at radius 1 is 0.825 bits per heavy atom. The van der Waals surface area contributed by atoms with Crippen LogP contribution in [0.4, 0.5) is 4.79 Å². The fourth-order valence-electron chi connectivity index (χ4n) is 14.7. The lowest BCUT2D eigenvalue weighted by molar-refractivity contribution is -0.108. The Kier molecular flexibility index (Phi) is 12.6. The molecule has 11 rings (SSSR count). The van der Waals surface area contributed by atoms with Crippen LogP contribution in [0.15, 0.2) is 84.4 Å². The number of aliphatic hydroxyl groups is 2. The zero-order valence-electron chi connectivity index (χ0n) is 39.0. The molecule has 6 fully saturated rings. The summed E-state index contributed by atoms with van der Waals surface area (Å²) >= 11 is 0. The summed E-state index contributed by atoms with van der Waals surface area (Å²) in [6, 6.07) is 24.3. The van der Waals surface area contributed by atoms with Crippen LogP contribution in [-0.2, 0) is 11.2 Å². The molecule has 7 atom stereocenters. The van der Waals surface area contributed by atoms with Gasteiger partial charge in [-0.15, -0.1) is 0 Å². The van der Waals surface area contributed by atoms with Crippen molar-refractivity contribution in [2.45, 2.75) is 161 Å². The van der Waals surface area contributed by atoms with Crippen molar-refractivity contribution in [1.82, 2.24) is 4.90 Å². The van der Waals surface area contributed by atoms with E-state index in [0.717, 1.165) is 65.7 Å². The Bertz CT molecular complexity index is 2120. The first kappa shape index (κ1) is 44.5. The van der Waals surface area contributed by atoms with E-state index in [-0.39, 0.29) is 35.9 Å². The van der Waals surface area contributed by atoms with Gasteiger partial charge in [0.1, 0.15) is 6.10 Å². The fourth-order valence-corrected chi connectivity index (χ4v) is 14.7. The van der Waals surface area contributed by atoms with Crippen LogP contribution in [0.1, 0.15) is 164 Å². The lowest BCUT2D eigenvalue weighted by atomic mass is 9.49. The minimum Gasteiger partial charge on any atom is -0.446 e. The number of aliphatic hydroxyl groups excluding tert-OH is 1. The van der Waals surface area contributed by atoms with Crippen LogP contribution in [0.2, 0.25) is 0 Å². The Morgan fingerprint density at radius 3 is 2.24 bits per heavy atom. The van der Waals surface area contributed by atoms with Gasteiger partial charge in [0.2, 0.25) is 0 Å². The second-order valence-corrected chi connectivity index (χ2v) is 22.7. The molecule has 3 aromatic rings. The van der Waals surface area contributed by atoms with Gasteiger partial charge in [0.05, 0.1) is 18.2 Å². The van der Waals surface area contributed by atoms with E-state index in [4.69, 9.17) is 4.74 Å². The number of fused-ring (bicyclic) bond motifs is 8. The Hall–Kier alpha value is -3.74. The van der Waals surface area contributed by atoms with Crippen molar-refractivity contribution in [3.8, 4) is 11.1 Å². The summed E-state index contributed by atoms with van der Waals surface area (Å²) in [5.41, 5.74) is 4.55. The highest BCUT2D eigenvalue weighted by atomic mass is 16.6. The molecule has 3 aromatic carbocycles. The van der Waals surface area contributed by atoms with Gasteiger partial charge in [-0.1, -0.05) is 112 Å². The molecule has 1 amide bonds. The molecule has 0 aromatic heterocycles. The monoisotopic (exact) mass is 854 g/mol. The molecule has 63 heavy (non-hydrogen) atoms. The van der Waals surface area contributed by atoms with Crippen molar-refractivity contribution in [1.29, 1.82) is 0 Å². The molecule has 6 heteroatoms. The van der Waals surface area contributed by atoms with Crippen LogP contribution in [0.3, 0.4) is 0 Å². The molecule has 0 radical (unpaired) electrons. The van der Waals surface area contributed by atoms with Crippen molar-refractivity contribution in [2.75, 3.05) is 13.1 Å². The third-order valence-corrected chi connectivity index (χ3v) is 17.8. The molecular formula is C57H75NO5. The Balaban J connectivity index is 1.11. The van der Waals surface area contributed by atoms with Gasteiger partial charge in [-0.05, 0) is 178 Å². The van der Waals surface area contributed by atoms with Crippen LogP contribution in [0.5, 0.6) is 0 Å². The standard InChI is InChI=1S/C57H75NO5/c1-37(2)46-21-18-39(4)26-52(46)63-54(61)58(35-56-32-41-27-42(33-56)29-43(28-41)34-56)36-57(62)25-23-51-48-22-19-40(30-45(59)20-17-38(3)12-11-24-55(51,57)5)31-50(48)53(60)49-16-10-9-15-47(49)44-13-7-6-8-14-44/h6-10,12-16,19,22,31,37,39,41-43,45-46,51-52,59,62H,11,17-18,20-21,23-30,32-36H2,1-5H3/t39-,41?,42?,43?,45-,46+,51-,52-,55-,56?,57+/m0/s1. The summed E-state index contributed by atoms with van der Waals surface area (Å²) in [5.74, 6) is 3.35. The number of allylic oxidation sites excluding steroid dienone is 2.